The van der Waals surface area contributed by atoms with Crippen molar-refractivity contribution in [3.05, 3.63) is 59.1 Å². The number of phenolic OH excluding ortho intramolecular Hbond substituents is 1. The number of rotatable bonds is 4. The van der Waals surface area contributed by atoms with Gasteiger partial charge < -0.3 is 5.11 Å². The van der Waals surface area contributed by atoms with Gasteiger partial charge in [0.25, 0.3) is 0 Å². The van der Waals surface area contributed by atoms with Crippen LogP contribution in [-0.2, 0) is 0 Å². The van der Waals surface area contributed by atoms with E-state index in [2.05, 4.69) is 15.3 Å². The van der Waals surface area contributed by atoms with Gasteiger partial charge in [0.15, 0.2) is 5.82 Å². The predicted molar refractivity (Wildman–Crippen MR) is 93.3 cm³/mol. The zero-order valence-electron chi connectivity index (χ0n) is 12.2. The molecule has 0 radical (unpaired) electrons. The van der Waals surface area contributed by atoms with Crippen molar-refractivity contribution in [2.45, 2.75) is 5.16 Å². The van der Waals surface area contributed by atoms with Crippen LogP contribution in [0.25, 0.3) is 11.4 Å². The number of halogens is 1. The van der Waals surface area contributed by atoms with Gasteiger partial charge in [0.05, 0.1) is 6.21 Å². The first-order chi connectivity index (χ1) is 11.2. The van der Waals surface area contributed by atoms with Crippen molar-refractivity contribution >= 4 is 29.6 Å². The van der Waals surface area contributed by atoms with E-state index in [9.17, 15) is 5.11 Å². The van der Waals surface area contributed by atoms with Crippen LogP contribution in [-0.4, -0.2) is 32.5 Å². The Morgan fingerprint density at radius 3 is 2.70 bits per heavy atom. The van der Waals surface area contributed by atoms with Gasteiger partial charge in [0.1, 0.15) is 5.75 Å². The second kappa shape index (κ2) is 6.85. The lowest BCUT2D eigenvalue weighted by Gasteiger charge is -2.04. The third kappa shape index (κ3) is 3.38. The van der Waals surface area contributed by atoms with E-state index in [1.54, 1.807) is 23.0 Å². The van der Waals surface area contributed by atoms with Crippen LogP contribution in [0.4, 0.5) is 0 Å². The van der Waals surface area contributed by atoms with Gasteiger partial charge in [-0.15, -0.1) is 10.2 Å². The predicted octanol–water partition coefficient (Wildman–Crippen LogP) is 3.91. The quantitative estimate of drug-likeness (QED) is 0.575. The summed E-state index contributed by atoms with van der Waals surface area (Å²) in [5, 5.41) is 23.5. The van der Waals surface area contributed by atoms with Crippen molar-refractivity contribution in [2.75, 3.05) is 6.26 Å². The fourth-order valence-electron chi connectivity index (χ4n) is 2.01. The third-order valence-electron chi connectivity index (χ3n) is 3.12. The normalized spacial score (nSPS) is 11.2. The molecule has 1 aromatic heterocycles. The zero-order chi connectivity index (χ0) is 16.2. The lowest BCUT2D eigenvalue weighted by molar-refractivity contribution is 0.475. The number of aromatic hydroxyl groups is 1. The molecule has 0 aliphatic rings. The van der Waals surface area contributed by atoms with Crippen LogP contribution in [0, 0.1) is 0 Å². The second-order valence-electron chi connectivity index (χ2n) is 4.64. The van der Waals surface area contributed by atoms with Crippen molar-refractivity contribution in [1.29, 1.82) is 0 Å². The van der Waals surface area contributed by atoms with Crippen molar-refractivity contribution in [3.8, 4) is 17.1 Å². The highest BCUT2D eigenvalue weighted by molar-refractivity contribution is 7.98. The molecule has 0 amide bonds. The Kier molecular flexibility index (Phi) is 4.64. The fourth-order valence-corrected chi connectivity index (χ4v) is 2.61. The van der Waals surface area contributed by atoms with E-state index in [4.69, 9.17) is 11.6 Å². The largest absolute Gasteiger partial charge is 0.508 e. The molecule has 0 aliphatic heterocycles. The Morgan fingerprint density at radius 2 is 1.96 bits per heavy atom. The lowest BCUT2D eigenvalue weighted by Crippen LogP contribution is -1.96. The summed E-state index contributed by atoms with van der Waals surface area (Å²) in [5.41, 5.74) is 1.53. The van der Waals surface area contributed by atoms with Crippen LogP contribution in [0.1, 0.15) is 5.56 Å². The fraction of sp³-hybridized carbons (Fsp3) is 0.0625. The molecule has 3 rings (SSSR count). The maximum atomic E-state index is 9.57. The van der Waals surface area contributed by atoms with Crippen molar-refractivity contribution in [1.82, 2.24) is 14.9 Å². The molecule has 0 bridgehead atoms. The summed E-state index contributed by atoms with van der Waals surface area (Å²) in [6.07, 6.45) is 3.49. The molecule has 2 aromatic carbocycles. The smallest absolute Gasteiger partial charge is 0.212 e. The van der Waals surface area contributed by atoms with Gasteiger partial charge in [-0.1, -0.05) is 53.7 Å². The summed E-state index contributed by atoms with van der Waals surface area (Å²) in [5.74, 6) is 0.774. The second-order valence-corrected chi connectivity index (χ2v) is 5.82. The first-order valence-corrected chi connectivity index (χ1v) is 8.37. The molecular formula is C16H13ClN4OS. The summed E-state index contributed by atoms with van der Waals surface area (Å²) in [6.45, 7) is 0. The Hall–Kier alpha value is -2.31. The zero-order valence-corrected chi connectivity index (χ0v) is 13.8. The molecule has 3 aromatic rings. The van der Waals surface area contributed by atoms with Crippen LogP contribution in [0.15, 0.2) is 58.8 Å². The summed E-state index contributed by atoms with van der Waals surface area (Å²) in [6, 6.07) is 14.4. The first kappa shape index (κ1) is 15.6. The van der Waals surface area contributed by atoms with Crippen LogP contribution in [0.2, 0.25) is 5.02 Å². The molecule has 0 fully saturated rings. The molecule has 0 atom stereocenters. The van der Waals surface area contributed by atoms with E-state index in [1.165, 1.54) is 17.8 Å². The van der Waals surface area contributed by atoms with Gasteiger partial charge >= 0.3 is 0 Å². The van der Waals surface area contributed by atoms with E-state index in [0.717, 1.165) is 5.56 Å². The molecule has 116 valence electrons. The summed E-state index contributed by atoms with van der Waals surface area (Å²) in [7, 11) is 0. The number of hydrogen-bond donors (Lipinski definition) is 1. The van der Waals surface area contributed by atoms with Crippen molar-refractivity contribution in [3.63, 3.8) is 0 Å². The highest BCUT2D eigenvalue weighted by atomic mass is 35.5. The van der Waals surface area contributed by atoms with Crippen LogP contribution >= 0.6 is 23.4 Å². The van der Waals surface area contributed by atoms with Crippen LogP contribution in [0.3, 0.4) is 0 Å². The third-order valence-corrected chi connectivity index (χ3v) is 4.08. The molecule has 0 saturated heterocycles. The summed E-state index contributed by atoms with van der Waals surface area (Å²) in [4.78, 5) is 0. The van der Waals surface area contributed by atoms with E-state index in [-0.39, 0.29) is 5.75 Å². The molecule has 0 unspecified atom stereocenters. The SMILES string of the molecule is CSc1nnc(-c2ccccc2)n1N=Cc1cc(O)ccc1Cl. The highest BCUT2D eigenvalue weighted by Gasteiger charge is 2.12. The van der Waals surface area contributed by atoms with Gasteiger partial charge in [0, 0.05) is 16.1 Å². The van der Waals surface area contributed by atoms with E-state index in [0.29, 0.717) is 21.6 Å². The van der Waals surface area contributed by atoms with Crippen LogP contribution < -0.4 is 0 Å². The Morgan fingerprint density at radius 1 is 1.17 bits per heavy atom. The topological polar surface area (TPSA) is 63.3 Å². The molecule has 23 heavy (non-hydrogen) atoms. The maximum absolute atomic E-state index is 9.57. The molecular weight excluding hydrogens is 332 g/mol. The number of benzene rings is 2. The molecule has 1 N–H and O–H groups in total. The highest BCUT2D eigenvalue weighted by Crippen LogP contribution is 2.23. The number of thioether (sulfide) groups is 1. The molecule has 7 heteroatoms. The minimum Gasteiger partial charge on any atom is -0.508 e. The molecule has 5 nitrogen and oxygen atoms in total. The number of hydrogen-bond acceptors (Lipinski definition) is 5. The molecule has 0 aliphatic carbocycles. The average Bonchev–Trinajstić information content (AvgIpc) is 2.99. The first-order valence-electron chi connectivity index (χ1n) is 6.76. The number of phenols is 1. The number of nitrogens with zero attached hydrogens (tertiary/aromatic N) is 4. The van der Waals surface area contributed by atoms with E-state index >= 15 is 0 Å². The van der Waals surface area contributed by atoms with Gasteiger partial charge in [-0.2, -0.15) is 9.78 Å². The lowest BCUT2D eigenvalue weighted by atomic mass is 10.2. The van der Waals surface area contributed by atoms with Crippen molar-refractivity contribution < 1.29 is 5.11 Å². The van der Waals surface area contributed by atoms with Gasteiger partial charge in [-0.25, -0.2) is 0 Å². The van der Waals surface area contributed by atoms with Gasteiger partial charge in [-0.05, 0) is 24.5 Å². The number of aromatic nitrogens is 3. The van der Waals surface area contributed by atoms with E-state index in [1.807, 2.05) is 36.6 Å². The molecule has 0 saturated carbocycles. The monoisotopic (exact) mass is 344 g/mol. The Bertz CT molecular complexity index is 849. The molecule has 0 spiro atoms. The minimum absolute atomic E-state index is 0.132. The average molecular weight is 345 g/mol. The summed E-state index contributed by atoms with van der Waals surface area (Å²) < 4.78 is 1.65. The maximum Gasteiger partial charge on any atom is 0.212 e. The molecule has 1 heterocycles. The van der Waals surface area contributed by atoms with Crippen molar-refractivity contribution in [2.24, 2.45) is 5.10 Å². The van der Waals surface area contributed by atoms with E-state index < -0.39 is 0 Å². The standard InChI is InChI=1S/C16H13ClN4OS/c1-23-16-20-19-15(11-5-3-2-4-6-11)21(16)18-10-12-9-13(22)7-8-14(12)17/h2-10,22H,1H3. The van der Waals surface area contributed by atoms with Gasteiger partial charge in [-0.3, -0.25) is 0 Å². The van der Waals surface area contributed by atoms with Crippen LogP contribution in [0.5, 0.6) is 5.75 Å². The Labute approximate surface area is 142 Å². The minimum atomic E-state index is 0.132. The Balaban J connectivity index is 2.04. The van der Waals surface area contributed by atoms with Gasteiger partial charge in [0.2, 0.25) is 5.16 Å². The summed E-state index contributed by atoms with van der Waals surface area (Å²) >= 11 is 7.57.